The Balaban J connectivity index is 2.82. The highest BCUT2D eigenvalue weighted by Crippen LogP contribution is 2.12. The van der Waals surface area contributed by atoms with Crippen LogP contribution in [0.4, 0.5) is 4.39 Å². The minimum atomic E-state index is -0.442. The molecular formula is C12H17FN2O2S. The molecular weight excluding hydrogens is 255 g/mol. The Labute approximate surface area is 111 Å². The Hall–Kier alpha value is -1.08. The highest BCUT2D eigenvalue weighted by molar-refractivity contribution is 7.80. The van der Waals surface area contributed by atoms with Crippen molar-refractivity contribution < 1.29 is 14.6 Å². The van der Waals surface area contributed by atoms with Crippen molar-refractivity contribution in [2.75, 3.05) is 26.3 Å². The summed E-state index contributed by atoms with van der Waals surface area (Å²) in [6, 6.07) is 4.55. The van der Waals surface area contributed by atoms with Crippen LogP contribution in [0.1, 0.15) is 11.1 Å². The van der Waals surface area contributed by atoms with Gasteiger partial charge in [-0.2, -0.15) is 0 Å². The Kier molecular flexibility index (Phi) is 6.14. The lowest BCUT2D eigenvalue weighted by atomic mass is 10.1. The predicted molar refractivity (Wildman–Crippen MR) is 71.7 cm³/mol. The molecule has 18 heavy (non-hydrogen) atoms. The van der Waals surface area contributed by atoms with Crippen LogP contribution in [0.2, 0.25) is 0 Å². The fourth-order valence-corrected chi connectivity index (χ4v) is 1.83. The average molecular weight is 272 g/mol. The summed E-state index contributed by atoms with van der Waals surface area (Å²) in [6.07, 6.45) is 0. The van der Waals surface area contributed by atoms with Gasteiger partial charge >= 0.3 is 0 Å². The van der Waals surface area contributed by atoms with E-state index in [9.17, 15) is 4.39 Å². The van der Waals surface area contributed by atoms with E-state index in [1.165, 1.54) is 6.07 Å². The molecule has 6 heteroatoms. The molecule has 0 heterocycles. The van der Waals surface area contributed by atoms with Crippen LogP contribution in [0.3, 0.4) is 0 Å². The van der Waals surface area contributed by atoms with E-state index in [1.54, 1.807) is 12.1 Å². The van der Waals surface area contributed by atoms with Crippen molar-refractivity contribution in [3.63, 3.8) is 0 Å². The van der Waals surface area contributed by atoms with E-state index < -0.39 is 5.82 Å². The monoisotopic (exact) mass is 272 g/mol. The Morgan fingerprint density at radius 1 is 1.28 bits per heavy atom. The number of benzene rings is 1. The average Bonchev–Trinajstić information content (AvgIpc) is 2.32. The summed E-state index contributed by atoms with van der Waals surface area (Å²) < 4.78 is 13.4. The third kappa shape index (κ3) is 4.30. The quantitative estimate of drug-likeness (QED) is 0.621. The SMILES string of the molecule is NC(=S)c1cc(CN(CCO)CCO)ccc1F. The largest absolute Gasteiger partial charge is 0.395 e. The first-order valence-electron chi connectivity index (χ1n) is 5.60. The number of aliphatic hydroxyl groups excluding tert-OH is 2. The van der Waals surface area contributed by atoms with Crippen LogP contribution in [-0.2, 0) is 6.54 Å². The number of nitrogens with zero attached hydrogens (tertiary/aromatic N) is 1. The second kappa shape index (κ2) is 7.38. The van der Waals surface area contributed by atoms with Gasteiger partial charge in [0.2, 0.25) is 0 Å². The molecule has 0 atom stereocenters. The van der Waals surface area contributed by atoms with E-state index in [-0.39, 0.29) is 23.8 Å². The first-order chi connectivity index (χ1) is 8.58. The van der Waals surface area contributed by atoms with E-state index in [1.807, 2.05) is 4.90 Å². The van der Waals surface area contributed by atoms with E-state index in [0.29, 0.717) is 19.6 Å². The summed E-state index contributed by atoms with van der Waals surface area (Å²) in [6.45, 7) is 1.39. The van der Waals surface area contributed by atoms with Gasteiger partial charge in [-0.3, -0.25) is 4.90 Å². The summed E-state index contributed by atoms with van der Waals surface area (Å²) in [5.74, 6) is -0.442. The van der Waals surface area contributed by atoms with Gasteiger partial charge in [0.25, 0.3) is 0 Å². The zero-order chi connectivity index (χ0) is 13.5. The summed E-state index contributed by atoms with van der Waals surface area (Å²) in [4.78, 5) is 1.88. The molecule has 0 saturated carbocycles. The van der Waals surface area contributed by atoms with Crippen LogP contribution < -0.4 is 5.73 Å². The third-order valence-electron chi connectivity index (χ3n) is 2.53. The normalized spacial score (nSPS) is 10.9. The number of rotatable bonds is 7. The molecule has 0 bridgehead atoms. The second-order valence-corrected chi connectivity index (χ2v) is 4.34. The van der Waals surface area contributed by atoms with Crippen molar-refractivity contribution in [3.8, 4) is 0 Å². The van der Waals surface area contributed by atoms with Crippen molar-refractivity contribution in [2.24, 2.45) is 5.73 Å². The van der Waals surface area contributed by atoms with Gasteiger partial charge in [-0.25, -0.2) is 4.39 Å². The first kappa shape index (κ1) is 15.0. The van der Waals surface area contributed by atoms with Gasteiger partial charge in [-0.05, 0) is 17.7 Å². The predicted octanol–water partition coefficient (Wildman–Crippen LogP) is 0.246. The molecule has 0 aliphatic heterocycles. The van der Waals surface area contributed by atoms with Crippen molar-refractivity contribution >= 4 is 17.2 Å². The van der Waals surface area contributed by atoms with E-state index in [4.69, 9.17) is 28.2 Å². The molecule has 0 amide bonds. The summed E-state index contributed by atoms with van der Waals surface area (Å²) in [5, 5.41) is 17.8. The van der Waals surface area contributed by atoms with Crippen molar-refractivity contribution in [2.45, 2.75) is 6.54 Å². The number of hydrogen-bond acceptors (Lipinski definition) is 4. The fourth-order valence-electron chi connectivity index (χ4n) is 1.67. The summed E-state index contributed by atoms with van der Waals surface area (Å²) in [5.41, 5.74) is 6.48. The molecule has 0 saturated heterocycles. The van der Waals surface area contributed by atoms with Crippen LogP contribution in [-0.4, -0.2) is 46.4 Å². The van der Waals surface area contributed by atoms with Gasteiger partial charge < -0.3 is 15.9 Å². The molecule has 0 aliphatic carbocycles. The van der Waals surface area contributed by atoms with Gasteiger partial charge in [0.05, 0.1) is 13.2 Å². The molecule has 4 nitrogen and oxygen atoms in total. The highest BCUT2D eigenvalue weighted by Gasteiger charge is 2.09. The van der Waals surface area contributed by atoms with E-state index in [0.717, 1.165) is 5.56 Å². The molecule has 0 fully saturated rings. The number of thiocarbonyl (C=S) groups is 1. The molecule has 0 aromatic heterocycles. The Morgan fingerprint density at radius 2 is 1.89 bits per heavy atom. The fraction of sp³-hybridized carbons (Fsp3) is 0.417. The maximum Gasteiger partial charge on any atom is 0.133 e. The van der Waals surface area contributed by atoms with Crippen LogP contribution in [0.25, 0.3) is 0 Å². The Morgan fingerprint density at radius 3 is 2.39 bits per heavy atom. The molecule has 0 radical (unpaired) electrons. The van der Waals surface area contributed by atoms with Crippen LogP contribution in [0, 0.1) is 5.82 Å². The third-order valence-corrected chi connectivity index (χ3v) is 2.75. The smallest absolute Gasteiger partial charge is 0.133 e. The van der Waals surface area contributed by atoms with Crippen LogP contribution in [0.5, 0.6) is 0 Å². The van der Waals surface area contributed by atoms with E-state index >= 15 is 0 Å². The van der Waals surface area contributed by atoms with E-state index in [2.05, 4.69) is 0 Å². The van der Waals surface area contributed by atoms with Crippen molar-refractivity contribution in [1.29, 1.82) is 0 Å². The minimum Gasteiger partial charge on any atom is -0.395 e. The molecule has 0 unspecified atom stereocenters. The zero-order valence-electron chi connectivity index (χ0n) is 9.97. The van der Waals surface area contributed by atoms with Gasteiger partial charge in [-0.15, -0.1) is 0 Å². The topological polar surface area (TPSA) is 69.7 Å². The molecule has 1 rings (SSSR count). The maximum atomic E-state index is 13.4. The Bertz CT molecular complexity index is 409. The lowest BCUT2D eigenvalue weighted by Crippen LogP contribution is -2.29. The number of nitrogens with two attached hydrogens (primary N) is 1. The van der Waals surface area contributed by atoms with Crippen LogP contribution >= 0.6 is 12.2 Å². The van der Waals surface area contributed by atoms with Gasteiger partial charge in [-0.1, -0.05) is 18.3 Å². The molecule has 0 aliphatic rings. The second-order valence-electron chi connectivity index (χ2n) is 3.90. The minimum absolute atomic E-state index is 0.00333. The van der Waals surface area contributed by atoms with Gasteiger partial charge in [0, 0.05) is 25.2 Å². The molecule has 0 spiro atoms. The highest BCUT2D eigenvalue weighted by atomic mass is 32.1. The lowest BCUT2D eigenvalue weighted by molar-refractivity contribution is 0.156. The summed E-state index contributed by atoms with van der Waals surface area (Å²) >= 11 is 4.77. The van der Waals surface area contributed by atoms with Gasteiger partial charge in [0.1, 0.15) is 10.8 Å². The van der Waals surface area contributed by atoms with Crippen molar-refractivity contribution in [3.05, 3.63) is 35.1 Å². The van der Waals surface area contributed by atoms with Gasteiger partial charge in [0.15, 0.2) is 0 Å². The molecule has 1 aromatic rings. The van der Waals surface area contributed by atoms with Crippen molar-refractivity contribution in [1.82, 2.24) is 4.90 Å². The first-order valence-corrected chi connectivity index (χ1v) is 6.01. The number of hydrogen-bond donors (Lipinski definition) is 3. The standard InChI is InChI=1S/C12H17FN2O2S/c13-11-2-1-9(7-10(11)12(14)18)8-15(3-5-16)4-6-17/h1-2,7,16-17H,3-6,8H2,(H2,14,18). The summed E-state index contributed by atoms with van der Waals surface area (Å²) in [7, 11) is 0. The lowest BCUT2D eigenvalue weighted by Gasteiger charge is -2.20. The molecule has 4 N–H and O–H groups in total. The number of aliphatic hydroxyl groups is 2. The van der Waals surface area contributed by atoms with Crippen LogP contribution in [0.15, 0.2) is 18.2 Å². The zero-order valence-corrected chi connectivity index (χ0v) is 10.8. The number of halogens is 1. The maximum absolute atomic E-state index is 13.4. The molecule has 100 valence electrons. The molecule has 1 aromatic carbocycles.